The second kappa shape index (κ2) is 7.32. The SMILES string of the molecule is CC(C)(C)CC(=O)Nc1ccc2c(c1)N(C(=O)c1ccccc1)CCC2. The molecule has 1 N–H and O–H groups in total. The van der Waals surface area contributed by atoms with Crippen molar-refractivity contribution >= 4 is 23.2 Å². The second-order valence-electron chi connectivity index (χ2n) is 8.06. The second-order valence-corrected chi connectivity index (χ2v) is 8.06. The summed E-state index contributed by atoms with van der Waals surface area (Å²) in [7, 11) is 0. The maximum atomic E-state index is 12.9. The van der Waals surface area contributed by atoms with Crippen LogP contribution in [0.4, 0.5) is 11.4 Å². The average Bonchev–Trinajstić information content (AvgIpc) is 2.59. The van der Waals surface area contributed by atoms with Gasteiger partial charge < -0.3 is 10.2 Å². The summed E-state index contributed by atoms with van der Waals surface area (Å²) in [5.74, 6) is -0.00101. The maximum absolute atomic E-state index is 12.9. The quantitative estimate of drug-likeness (QED) is 0.875. The first kappa shape index (κ1) is 18.2. The van der Waals surface area contributed by atoms with E-state index in [9.17, 15) is 9.59 Å². The number of carbonyl (C=O) groups is 2. The molecule has 0 spiro atoms. The molecule has 1 heterocycles. The molecule has 2 aromatic carbocycles. The maximum Gasteiger partial charge on any atom is 0.258 e. The molecule has 2 aromatic rings. The molecule has 0 atom stereocenters. The fourth-order valence-electron chi connectivity index (χ4n) is 3.29. The lowest BCUT2D eigenvalue weighted by Crippen LogP contribution is -2.35. The Morgan fingerprint density at radius 1 is 1.08 bits per heavy atom. The molecule has 26 heavy (non-hydrogen) atoms. The van der Waals surface area contributed by atoms with E-state index < -0.39 is 0 Å². The average molecular weight is 350 g/mol. The standard InChI is InChI=1S/C22H26N2O2/c1-22(2,3)15-20(25)23-18-12-11-16-10-7-13-24(19(16)14-18)21(26)17-8-5-4-6-9-17/h4-6,8-9,11-12,14H,7,10,13,15H2,1-3H3,(H,23,25). The molecule has 0 radical (unpaired) electrons. The van der Waals surface area contributed by atoms with Crippen molar-refractivity contribution in [3.8, 4) is 0 Å². The molecule has 1 aliphatic rings. The lowest BCUT2D eigenvalue weighted by Gasteiger charge is -2.30. The summed E-state index contributed by atoms with van der Waals surface area (Å²) >= 11 is 0. The van der Waals surface area contributed by atoms with E-state index >= 15 is 0 Å². The van der Waals surface area contributed by atoms with Gasteiger partial charge in [-0.3, -0.25) is 9.59 Å². The van der Waals surface area contributed by atoms with Crippen molar-refractivity contribution < 1.29 is 9.59 Å². The Balaban J connectivity index is 1.84. The lowest BCUT2D eigenvalue weighted by molar-refractivity contribution is -0.117. The van der Waals surface area contributed by atoms with Gasteiger partial charge in [-0.1, -0.05) is 45.0 Å². The topological polar surface area (TPSA) is 49.4 Å². The molecule has 4 nitrogen and oxygen atoms in total. The summed E-state index contributed by atoms with van der Waals surface area (Å²) in [6.07, 6.45) is 2.35. The third-order valence-electron chi connectivity index (χ3n) is 4.44. The van der Waals surface area contributed by atoms with Crippen molar-refractivity contribution in [2.75, 3.05) is 16.8 Å². The van der Waals surface area contributed by atoms with Gasteiger partial charge in [0.15, 0.2) is 0 Å². The number of carbonyl (C=O) groups excluding carboxylic acids is 2. The summed E-state index contributed by atoms with van der Waals surface area (Å²) in [6, 6.07) is 15.2. The Morgan fingerprint density at radius 3 is 2.50 bits per heavy atom. The van der Waals surface area contributed by atoms with Gasteiger partial charge in [-0.15, -0.1) is 0 Å². The van der Waals surface area contributed by atoms with Gasteiger partial charge >= 0.3 is 0 Å². The molecule has 0 saturated carbocycles. The number of hydrogen-bond donors (Lipinski definition) is 1. The minimum Gasteiger partial charge on any atom is -0.326 e. The molecule has 0 bridgehead atoms. The fourth-order valence-corrected chi connectivity index (χ4v) is 3.29. The fraction of sp³-hybridized carbons (Fsp3) is 0.364. The number of amides is 2. The van der Waals surface area contributed by atoms with E-state index in [1.807, 2.05) is 74.2 Å². The van der Waals surface area contributed by atoms with Crippen molar-refractivity contribution in [2.45, 2.75) is 40.0 Å². The van der Waals surface area contributed by atoms with Crippen LogP contribution >= 0.6 is 0 Å². The molecule has 1 aliphatic heterocycles. The Hall–Kier alpha value is -2.62. The molecule has 0 aromatic heterocycles. The summed E-state index contributed by atoms with van der Waals surface area (Å²) in [5, 5.41) is 2.97. The normalized spacial score (nSPS) is 13.9. The minimum atomic E-state index is -0.0619. The molecular weight excluding hydrogens is 324 g/mol. The monoisotopic (exact) mass is 350 g/mol. The first-order chi connectivity index (χ1) is 12.3. The van der Waals surface area contributed by atoms with Crippen LogP contribution in [-0.2, 0) is 11.2 Å². The van der Waals surface area contributed by atoms with E-state index in [2.05, 4.69) is 5.32 Å². The van der Waals surface area contributed by atoms with E-state index in [0.29, 0.717) is 18.5 Å². The summed E-state index contributed by atoms with van der Waals surface area (Å²) in [6.45, 7) is 6.82. The number of anilines is 2. The van der Waals surface area contributed by atoms with Crippen LogP contribution < -0.4 is 10.2 Å². The van der Waals surface area contributed by atoms with Crippen LogP contribution in [0.15, 0.2) is 48.5 Å². The number of benzene rings is 2. The third kappa shape index (κ3) is 4.31. The molecule has 0 aliphatic carbocycles. The number of nitrogens with one attached hydrogen (secondary N) is 1. The highest BCUT2D eigenvalue weighted by Crippen LogP contribution is 2.31. The summed E-state index contributed by atoms with van der Waals surface area (Å²) in [5.41, 5.74) is 3.41. The van der Waals surface area contributed by atoms with Gasteiger partial charge in [0.1, 0.15) is 0 Å². The Kier molecular flexibility index (Phi) is 5.12. The van der Waals surface area contributed by atoms with E-state index in [-0.39, 0.29) is 17.2 Å². The van der Waals surface area contributed by atoms with Crippen LogP contribution in [0.5, 0.6) is 0 Å². The first-order valence-corrected chi connectivity index (χ1v) is 9.13. The van der Waals surface area contributed by atoms with Gasteiger partial charge in [-0.25, -0.2) is 0 Å². The van der Waals surface area contributed by atoms with Gasteiger partial charge in [0.05, 0.1) is 0 Å². The van der Waals surface area contributed by atoms with Crippen LogP contribution in [0.2, 0.25) is 0 Å². The van der Waals surface area contributed by atoms with Gasteiger partial charge in [-0.2, -0.15) is 0 Å². The van der Waals surface area contributed by atoms with E-state index in [1.54, 1.807) is 0 Å². The predicted octanol–water partition coefficient (Wildman–Crippen LogP) is 4.65. The van der Waals surface area contributed by atoms with Gasteiger partial charge in [0.25, 0.3) is 5.91 Å². The Morgan fingerprint density at radius 2 is 1.81 bits per heavy atom. The Bertz CT molecular complexity index is 807. The van der Waals surface area contributed by atoms with Gasteiger partial charge in [0.2, 0.25) is 5.91 Å². The van der Waals surface area contributed by atoms with Crippen LogP contribution in [0.25, 0.3) is 0 Å². The number of nitrogens with zero attached hydrogens (tertiary/aromatic N) is 1. The van der Waals surface area contributed by atoms with Crippen molar-refractivity contribution in [3.05, 3.63) is 59.7 Å². The van der Waals surface area contributed by atoms with E-state index in [4.69, 9.17) is 0 Å². The summed E-state index contributed by atoms with van der Waals surface area (Å²) < 4.78 is 0. The third-order valence-corrected chi connectivity index (χ3v) is 4.44. The van der Waals surface area contributed by atoms with E-state index in [1.165, 1.54) is 0 Å². The molecule has 0 unspecified atom stereocenters. The number of fused-ring (bicyclic) bond motifs is 1. The Labute approximate surface area is 155 Å². The van der Waals surface area contributed by atoms with Crippen molar-refractivity contribution in [1.29, 1.82) is 0 Å². The zero-order chi connectivity index (χ0) is 18.7. The molecule has 3 rings (SSSR count). The number of rotatable bonds is 3. The number of aryl methyl sites for hydroxylation is 1. The van der Waals surface area contributed by atoms with Gasteiger partial charge in [0, 0.05) is 29.9 Å². The lowest BCUT2D eigenvalue weighted by atomic mass is 9.92. The zero-order valence-electron chi connectivity index (χ0n) is 15.7. The molecular formula is C22H26N2O2. The molecule has 2 amide bonds. The smallest absolute Gasteiger partial charge is 0.258 e. The zero-order valence-corrected chi connectivity index (χ0v) is 15.7. The molecule has 0 saturated heterocycles. The predicted molar refractivity (Wildman–Crippen MR) is 106 cm³/mol. The van der Waals surface area contributed by atoms with E-state index in [0.717, 1.165) is 29.8 Å². The largest absolute Gasteiger partial charge is 0.326 e. The molecule has 4 heteroatoms. The highest BCUT2D eigenvalue weighted by Gasteiger charge is 2.24. The minimum absolute atomic E-state index is 0.00437. The van der Waals surface area contributed by atoms with Gasteiger partial charge in [-0.05, 0) is 48.1 Å². The molecule has 136 valence electrons. The van der Waals surface area contributed by atoms with Crippen LogP contribution in [-0.4, -0.2) is 18.4 Å². The highest BCUT2D eigenvalue weighted by molar-refractivity contribution is 6.07. The molecule has 0 fully saturated rings. The first-order valence-electron chi connectivity index (χ1n) is 9.13. The summed E-state index contributed by atoms with van der Waals surface area (Å²) in [4.78, 5) is 27.0. The number of hydrogen-bond acceptors (Lipinski definition) is 2. The van der Waals surface area contributed by atoms with Crippen molar-refractivity contribution in [1.82, 2.24) is 0 Å². The highest BCUT2D eigenvalue weighted by atomic mass is 16.2. The van der Waals surface area contributed by atoms with Crippen LogP contribution in [0.3, 0.4) is 0 Å². The van der Waals surface area contributed by atoms with Crippen LogP contribution in [0.1, 0.15) is 49.5 Å². The van der Waals surface area contributed by atoms with Crippen molar-refractivity contribution in [3.63, 3.8) is 0 Å². The van der Waals surface area contributed by atoms with Crippen LogP contribution in [0, 0.1) is 5.41 Å². The van der Waals surface area contributed by atoms with Crippen molar-refractivity contribution in [2.24, 2.45) is 5.41 Å².